The molecule has 0 radical (unpaired) electrons. The Hall–Kier alpha value is -1.70. The van der Waals surface area contributed by atoms with Crippen LogP contribution in [-0.2, 0) is 16.1 Å². The molecule has 1 unspecified atom stereocenters. The second-order valence-corrected chi connectivity index (χ2v) is 5.51. The van der Waals surface area contributed by atoms with Gasteiger partial charge in [-0.05, 0) is 11.4 Å². The molecule has 1 fully saturated rings. The molecule has 1 saturated heterocycles. The van der Waals surface area contributed by atoms with E-state index in [1.807, 2.05) is 28.5 Å². The first-order valence-electron chi connectivity index (χ1n) is 6.28. The van der Waals surface area contributed by atoms with Crippen LogP contribution in [0.2, 0.25) is 0 Å². The molecular weight excluding hydrogens is 280 g/mol. The summed E-state index contributed by atoms with van der Waals surface area (Å²) in [5, 5.41) is 15.2. The van der Waals surface area contributed by atoms with Gasteiger partial charge in [0, 0.05) is 19.2 Å². The molecule has 1 atom stereocenters. The van der Waals surface area contributed by atoms with E-state index in [0.29, 0.717) is 19.7 Å². The third kappa shape index (κ3) is 2.74. The zero-order valence-corrected chi connectivity index (χ0v) is 11.5. The smallest absolute Gasteiger partial charge is 0.323 e. The number of rotatable bonds is 4. The highest BCUT2D eigenvalue weighted by molar-refractivity contribution is 7.13. The van der Waals surface area contributed by atoms with Crippen LogP contribution in [-0.4, -0.2) is 46.9 Å². The van der Waals surface area contributed by atoms with Crippen LogP contribution in [0.5, 0.6) is 0 Å². The normalized spacial score (nSPS) is 20.1. The fourth-order valence-electron chi connectivity index (χ4n) is 2.18. The summed E-state index contributed by atoms with van der Waals surface area (Å²) in [4.78, 5) is 14.0. The van der Waals surface area contributed by atoms with E-state index in [1.165, 1.54) is 0 Å². The Morgan fingerprint density at radius 3 is 3.25 bits per heavy atom. The molecular formula is C13H14N2O4S. The van der Waals surface area contributed by atoms with Gasteiger partial charge in [-0.25, -0.2) is 0 Å². The summed E-state index contributed by atoms with van der Waals surface area (Å²) in [6.07, 6.45) is 0. The van der Waals surface area contributed by atoms with E-state index < -0.39 is 12.0 Å². The number of carbonyl (C=O) groups is 1. The highest BCUT2D eigenvalue weighted by Crippen LogP contribution is 2.25. The SMILES string of the molecule is O=C(O)C1COCCN1Cc1cc(-c2cccs2)on1. The molecule has 20 heavy (non-hydrogen) atoms. The van der Waals surface area contributed by atoms with Crippen molar-refractivity contribution in [3.05, 3.63) is 29.3 Å². The maximum absolute atomic E-state index is 11.2. The number of aliphatic carboxylic acids is 1. The number of carboxylic acids is 1. The van der Waals surface area contributed by atoms with Crippen molar-refractivity contribution >= 4 is 17.3 Å². The highest BCUT2D eigenvalue weighted by atomic mass is 32.1. The predicted octanol–water partition coefficient (Wildman–Crippen LogP) is 1.69. The largest absolute Gasteiger partial charge is 0.480 e. The van der Waals surface area contributed by atoms with E-state index in [-0.39, 0.29) is 6.61 Å². The fourth-order valence-corrected chi connectivity index (χ4v) is 2.86. The third-order valence-corrected chi connectivity index (χ3v) is 4.10. The van der Waals surface area contributed by atoms with Gasteiger partial charge >= 0.3 is 5.97 Å². The summed E-state index contributed by atoms with van der Waals surface area (Å²) in [5.41, 5.74) is 0.738. The van der Waals surface area contributed by atoms with Gasteiger partial charge < -0.3 is 14.4 Å². The van der Waals surface area contributed by atoms with E-state index >= 15 is 0 Å². The minimum absolute atomic E-state index is 0.213. The molecule has 0 saturated carbocycles. The summed E-state index contributed by atoms with van der Waals surface area (Å²) in [6, 6.07) is 5.15. The molecule has 2 aromatic heterocycles. The van der Waals surface area contributed by atoms with Crippen molar-refractivity contribution in [2.24, 2.45) is 0 Å². The van der Waals surface area contributed by atoms with Gasteiger partial charge in [0.1, 0.15) is 6.04 Å². The molecule has 3 heterocycles. The quantitative estimate of drug-likeness (QED) is 0.924. The summed E-state index contributed by atoms with van der Waals surface area (Å²) >= 11 is 1.58. The average molecular weight is 294 g/mol. The Labute approximate surface area is 119 Å². The van der Waals surface area contributed by atoms with Crippen LogP contribution in [0.1, 0.15) is 5.69 Å². The molecule has 0 amide bonds. The van der Waals surface area contributed by atoms with Gasteiger partial charge in [-0.3, -0.25) is 9.69 Å². The number of thiophene rings is 1. The molecule has 3 rings (SSSR count). The van der Waals surface area contributed by atoms with Crippen molar-refractivity contribution in [3.8, 4) is 10.6 Å². The summed E-state index contributed by atoms with van der Waals surface area (Å²) in [5.74, 6) is -0.151. The molecule has 1 aliphatic heterocycles. The van der Waals surface area contributed by atoms with Crippen molar-refractivity contribution in [1.82, 2.24) is 10.1 Å². The summed E-state index contributed by atoms with van der Waals surface area (Å²) < 4.78 is 10.5. The van der Waals surface area contributed by atoms with E-state index in [1.54, 1.807) is 11.3 Å². The van der Waals surface area contributed by atoms with Gasteiger partial charge in [-0.15, -0.1) is 11.3 Å². The number of morpholine rings is 1. The lowest BCUT2D eigenvalue weighted by Crippen LogP contribution is -2.49. The molecule has 0 aliphatic carbocycles. The summed E-state index contributed by atoms with van der Waals surface area (Å²) in [6.45, 7) is 1.79. The zero-order valence-electron chi connectivity index (χ0n) is 10.7. The Morgan fingerprint density at radius 1 is 1.60 bits per heavy atom. The van der Waals surface area contributed by atoms with Crippen LogP contribution < -0.4 is 0 Å². The lowest BCUT2D eigenvalue weighted by atomic mass is 10.2. The Morgan fingerprint density at radius 2 is 2.50 bits per heavy atom. The molecule has 1 aliphatic rings. The van der Waals surface area contributed by atoms with Crippen LogP contribution in [0.15, 0.2) is 28.1 Å². The molecule has 0 aromatic carbocycles. The molecule has 0 bridgehead atoms. The average Bonchev–Trinajstić information content (AvgIpc) is 3.09. The predicted molar refractivity (Wildman–Crippen MR) is 72.5 cm³/mol. The molecule has 6 nitrogen and oxygen atoms in total. The fraction of sp³-hybridized carbons (Fsp3) is 0.385. The van der Waals surface area contributed by atoms with Crippen molar-refractivity contribution in [2.75, 3.05) is 19.8 Å². The number of carboxylic acid groups (broad SMARTS) is 1. The Kier molecular flexibility index (Phi) is 3.81. The molecule has 1 N–H and O–H groups in total. The first kappa shape index (κ1) is 13.3. The minimum atomic E-state index is -0.869. The lowest BCUT2D eigenvalue weighted by molar-refractivity contribution is -0.150. The lowest BCUT2D eigenvalue weighted by Gasteiger charge is -2.31. The Balaban J connectivity index is 1.72. The molecule has 106 valence electrons. The van der Waals surface area contributed by atoms with Gasteiger partial charge in [0.05, 0.1) is 23.8 Å². The summed E-state index contributed by atoms with van der Waals surface area (Å²) in [7, 11) is 0. The topological polar surface area (TPSA) is 75.8 Å². The standard InChI is InChI=1S/C13H14N2O4S/c16-13(17)10-8-18-4-3-15(10)7-9-6-11(19-14-9)12-2-1-5-20-12/h1-2,5-6,10H,3-4,7-8H2,(H,16,17). The van der Waals surface area contributed by atoms with Crippen LogP contribution in [0.25, 0.3) is 10.6 Å². The maximum Gasteiger partial charge on any atom is 0.323 e. The molecule has 2 aromatic rings. The molecule has 0 spiro atoms. The number of aromatic nitrogens is 1. The number of nitrogens with zero attached hydrogens (tertiary/aromatic N) is 2. The second-order valence-electron chi connectivity index (χ2n) is 4.56. The van der Waals surface area contributed by atoms with Gasteiger partial charge in [0.15, 0.2) is 5.76 Å². The van der Waals surface area contributed by atoms with E-state index in [4.69, 9.17) is 9.26 Å². The number of hydrogen-bond acceptors (Lipinski definition) is 6. The second kappa shape index (κ2) is 5.74. The van der Waals surface area contributed by atoms with Crippen molar-refractivity contribution in [1.29, 1.82) is 0 Å². The Bertz CT molecular complexity index is 581. The van der Waals surface area contributed by atoms with Gasteiger partial charge in [0.25, 0.3) is 0 Å². The van der Waals surface area contributed by atoms with Crippen LogP contribution in [0, 0.1) is 0 Å². The molecule has 7 heteroatoms. The van der Waals surface area contributed by atoms with E-state index in [0.717, 1.165) is 16.3 Å². The van der Waals surface area contributed by atoms with Crippen molar-refractivity contribution in [3.63, 3.8) is 0 Å². The zero-order chi connectivity index (χ0) is 13.9. The van der Waals surface area contributed by atoms with Crippen LogP contribution in [0.4, 0.5) is 0 Å². The number of ether oxygens (including phenoxy) is 1. The maximum atomic E-state index is 11.2. The van der Waals surface area contributed by atoms with E-state index in [9.17, 15) is 9.90 Å². The number of hydrogen-bond donors (Lipinski definition) is 1. The van der Waals surface area contributed by atoms with Gasteiger partial charge in [-0.2, -0.15) is 0 Å². The first-order chi connectivity index (χ1) is 9.74. The highest BCUT2D eigenvalue weighted by Gasteiger charge is 2.29. The van der Waals surface area contributed by atoms with Crippen molar-refractivity contribution in [2.45, 2.75) is 12.6 Å². The first-order valence-corrected chi connectivity index (χ1v) is 7.16. The van der Waals surface area contributed by atoms with Crippen molar-refractivity contribution < 1.29 is 19.2 Å². The van der Waals surface area contributed by atoms with Gasteiger partial charge in [0.2, 0.25) is 0 Å². The monoisotopic (exact) mass is 294 g/mol. The third-order valence-electron chi connectivity index (χ3n) is 3.21. The minimum Gasteiger partial charge on any atom is -0.480 e. The van der Waals surface area contributed by atoms with E-state index in [2.05, 4.69) is 5.16 Å². The van der Waals surface area contributed by atoms with Crippen LogP contribution >= 0.6 is 11.3 Å². The van der Waals surface area contributed by atoms with Gasteiger partial charge in [-0.1, -0.05) is 11.2 Å². The van der Waals surface area contributed by atoms with Crippen LogP contribution in [0.3, 0.4) is 0 Å².